The van der Waals surface area contributed by atoms with Gasteiger partial charge in [0, 0.05) is 16.8 Å². The van der Waals surface area contributed by atoms with Gasteiger partial charge in [-0.2, -0.15) is 0 Å². The molecule has 0 fully saturated rings. The Kier molecular flexibility index (Phi) is 4.18. The monoisotopic (exact) mass is 315 g/mol. The van der Waals surface area contributed by atoms with Gasteiger partial charge in [-0.1, -0.05) is 17.7 Å². The summed E-state index contributed by atoms with van der Waals surface area (Å²) in [6.45, 7) is 2.01. The maximum atomic E-state index is 11.5. The Morgan fingerprint density at radius 3 is 2.58 bits per heavy atom. The van der Waals surface area contributed by atoms with E-state index in [1.807, 2.05) is 25.1 Å². The van der Waals surface area contributed by atoms with Gasteiger partial charge in [0.05, 0.1) is 15.3 Å². The summed E-state index contributed by atoms with van der Waals surface area (Å²) in [5.74, 6) is 0. The smallest absolute Gasteiger partial charge is 0.175 e. The fourth-order valence-corrected chi connectivity index (χ4v) is 3.43. The minimum atomic E-state index is -3.18. The Labute approximate surface area is 122 Å². The maximum Gasteiger partial charge on any atom is 0.175 e. The Morgan fingerprint density at radius 1 is 1.26 bits per heavy atom. The lowest BCUT2D eigenvalue weighted by atomic mass is 10.2. The van der Waals surface area contributed by atoms with Crippen molar-refractivity contribution in [1.29, 1.82) is 0 Å². The molecule has 1 heterocycles. The van der Waals surface area contributed by atoms with E-state index in [0.29, 0.717) is 4.90 Å². The first-order valence-corrected chi connectivity index (χ1v) is 8.77. The van der Waals surface area contributed by atoms with E-state index in [-0.39, 0.29) is 6.04 Å². The van der Waals surface area contributed by atoms with Crippen LogP contribution in [-0.2, 0) is 9.84 Å². The Balaban J connectivity index is 2.20. The lowest BCUT2D eigenvalue weighted by molar-refractivity contribution is 0.602. The van der Waals surface area contributed by atoms with Crippen molar-refractivity contribution in [2.75, 3.05) is 11.6 Å². The van der Waals surface area contributed by atoms with E-state index in [0.717, 1.165) is 14.9 Å². The first-order chi connectivity index (χ1) is 8.86. The summed E-state index contributed by atoms with van der Waals surface area (Å²) in [5.41, 5.74) is 0.778. The maximum absolute atomic E-state index is 11.5. The van der Waals surface area contributed by atoms with Gasteiger partial charge < -0.3 is 5.32 Å². The molecule has 0 saturated heterocycles. The van der Waals surface area contributed by atoms with E-state index in [9.17, 15) is 8.42 Å². The average molecular weight is 316 g/mol. The molecule has 0 bridgehead atoms. The lowest BCUT2D eigenvalue weighted by Crippen LogP contribution is -2.06. The first kappa shape index (κ1) is 14.4. The van der Waals surface area contributed by atoms with Gasteiger partial charge >= 0.3 is 0 Å². The van der Waals surface area contributed by atoms with Crippen molar-refractivity contribution in [3.8, 4) is 0 Å². The van der Waals surface area contributed by atoms with Crippen LogP contribution in [0, 0.1) is 0 Å². The standard InChI is InChI=1S/C13H14ClNO2S2/c1-9(12-6-7-13(14)18-12)15-10-4-3-5-11(8-10)19(2,16)17/h3-9,15H,1-2H3. The number of hydrogen-bond donors (Lipinski definition) is 1. The number of nitrogens with one attached hydrogen (secondary N) is 1. The predicted octanol–water partition coefficient (Wildman–Crippen LogP) is 3.98. The van der Waals surface area contributed by atoms with E-state index in [2.05, 4.69) is 5.32 Å². The van der Waals surface area contributed by atoms with Gasteiger partial charge in [-0.3, -0.25) is 0 Å². The van der Waals surface area contributed by atoms with E-state index >= 15 is 0 Å². The van der Waals surface area contributed by atoms with Crippen molar-refractivity contribution < 1.29 is 8.42 Å². The largest absolute Gasteiger partial charge is 0.378 e. The third-order valence-corrected chi connectivity index (χ3v) is 5.19. The van der Waals surface area contributed by atoms with E-state index < -0.39 is 9.84 Å². The highest BCUT2D eigenvalue weighted by Crippen LogP contribution is 2.29. The number of thiophene rings is 1. The Bertz CT molecular complexity index is 679. The molecule has 0 spiro atoms. The van der Waals surface area contributed by atoms with Gasteiger partial charge in [-0.15, -0.1) is 11.3 Å². The summed E-state index contributed by atoms with van der Waals surface area (Å²) >= 11 is 7.41. The van der Waals surface area contributed by atoms with Gasteiger partial charge in [0.15, 0.2) is 9.84 Å². The molecule has 3 nitrogen and oxygen atoms in total. The topological polar surface area (TPSA) is 46.2 Å². The zero-order chi connectivity index (χ0) is 14.0. The summed E-state index contributed by atoms with van der Waals surface area (Å²) in [5, 5.41) is 3.27. The quantitative estimate of drug-likeness (QED) is 0.928. The minimum Gasteiger partial charge on any atom is -0.378 e. The summed E-state index contributed by atoms with van der Waals surface area (Å²) < 4.78 is 23.7. The van der Waals surface area contributed by atoms with Crippen molar-refractivity contribution in [2.45, 2.75) is 17.9 Å². The first-order valence-electron chi connectivity index (χ1n) is 5.68. The van der Waals surface area contributed by atoms with E-state index in [4.69, 9.17) is 11.6 Å². The van der Waals surface area contributed by atoms with Crippen molar-refractivity contribution in [2.24, 2.45) is 0 Å². The van der Waals surface area contributed by atoms with Gasteiger partial charge in [0.25, 0.3) is 0 Å². The molecule has 6 heteroatoms. The molecular formula is C13H14ClNO2S2. The number of benzene rings is 1. The van der Waals surface area contributed by atoms with Crippen molar-refractivity contribution in [3.63, 3.8) is 0 Å². The highest BCUT2D eigenvalue weighted by Gasteiger charge is 2.11. The third-order valence-electron chi connectivity index (χ3n) is 2.67. The average Bonchev–Trinajstić information content (AvgIpc) is 2.75. The van der Waals surface area contributed by atoms with Crippen molar-refractivity contribution in [1.82, 2.24) is 0 Å². The van der Waals surface area contributed by atoms with E-state index in [1.165, 1.54) is 17.6 Å². The van der Waals surface area contributed by atoms with Crippen molar-refractivity contribution >= 4 is 38.5 Å². The lowest BCUT2D eigenvalue weighted by Gasteiger charge is -2.14. The summed E-state index contributed by atoms with van der Waals surface area (Å²) in [7, 11) is -3.18. The van der Waals surface area contributed by atoms with Gasteiger partial charge in [-0.25, -0.2) is 8.42 Å². The molecule has 2 aromatic rings. The molecule has 0 aliphatic rings. The molecule has 1 atom stereocenters. The third kappa shape index (κ3) is 3.72. The van der Waals surface area contributed by atoms with Crippen LogP contribution in [0.5, 0.6) is 0 Å². The van der Waals surface area contributed by atoms with Crippen LogP contribution < -0.4 is 5.32 Å². The summed E-state index contributed by atoms with van der Waals surface area (Å²) in [6.07, 6.45) is 1.20. The van der Waals surface area contributed by atoms with Crippen LogP contribution in [0.25, 0.3) is 0 Å². The van der Waals surface area contributed by atoms with E-state index in [1.54, 1.807) is 18.2 Å². The molecule has 102 valence electrons. The zero-order valence-corrected chi connectivity index (χ0v) is 12.9. The second-order valence-corrected chi connectivity index (χ2v) is 8.07. The zero-order valence-electron chi connectivity index (χ0n) is 10.6. The molecular weight excluding hydrogens is 302 g/mol. The summed E-state index contributed by atoms with van der Waals surface area (Å²) in [4.78, 5) is 1.42. The van der Waals surface area contributed by atoms with Gasteiger partial charge in [0.2, 0.25) is 0 Å². The van der Waals surface area contributed by atoms with Crippen LogP contribution in [0.2, 0.25) is 4.34 Å². The van der Waals surface area contributed by atoms with Crippen LogP contribution >= 0.6 is 22.9 Å². The van der Waals surface area contributed by atoms with Crippen molar-refractivity contribution in [3.05, 3.63) is 45.6 Å². The second kappa shape index (κ2) is 5.53. The van der Waals surface area contributed by atoms with Crippen LogP contribution in [0.15, 0.2) is 41.3 Å². The number of hydrogen-bond acceptors (Lipinski definition) is 4. The molecule has 1 aromatic carbocycles. The highest BCUT2D eigenvalue weighted by molar-refractivity contribution is 7.90. The van der Waals surface area contributed by atoms with Gasteiger partial charge in [-0.05, 0) is 37.3 Å². The molecule has 19 heavy (non-hydrogen) atoms. The molecule has 1 unspecified atom stereocenters. The summed E-state index contributed by atoms with van der Waals surface area (Å²) in [6, 6.07) is 10.7. The van der Waals surface area contributed by atoms with Crippen LogP contribution in [0.3, 0.4) is 0 Å². The highest BCUT2D eigenvalue weighted by atomic mass is 35.5. The van der Waals surface area contributed by atoms with Crippen LogP contribution in [-0.4, -0.2) is 14.7 Å². The predicted molar refractivity (Wildman–Crippen MR) is 80.9 cm³/mol. The van der Waals surface area contributed by atoms with Crippen LogP contribution in [0.1, 0.15) is 17.8 Å². The fraction of sp³-hybridized carbons (Fsp3) is 0.231. The molecule has 0 aliphatic carbocycles. The normalized spacial score (nSPS) is 13.2. The minimum absolute atomic E-state index is 0.0762. The SMILES string of the molecule is CC(Nc1cccc(S(C)(=O)=O)c1)c1ccc(Cl)s1. The molecule has 0 aliphatic heterocycles. The fourth-order valence-electron chi connectivity index (χ4n) is 1.70. The molecule has 0 saturated carbocycles. The number of anilines is 1. The van der Waals surface area contributed by atoms with Crippen LogP contribution in [0.4, 0.5) is 5.69 Å². The molecule has 1 aromatic heterocycles. The Morgan fingerprint density at radius 2 is 2.00 bits per heavy atom. The molecule has 1 N–H and O–H groups in total. The molecule has 0 amide bonds. The number of halogens is 1. The Hall–Kier alpha value is -1.04. The number of sulfone groups is 1. The number of rotatable bonds is 4. The molecule has 2 rings (SSSR count). The molecule has 0 radical (unpaired) electrons. The van der Waals surface area contributed by atoms with Gasteiger partial charge in [0.1, 0.15) is 0 Å². The second-order valence-electron chi connectivity index (χ2n) is 4.31.